The van der Waals surface area contributed by atoms with E-state index in [-0.39, 0.29) is 16.2 Å². The largest absolute Gasteiger partial charge is 0.476 e. The van der Waals surface area contributed by atoms with Gasteiger partial charge in [0.2, 0.25) is 15.2 Å². The van der Waals surface area contributed by atoms with Crippen LogP contribution in [0.4, 0.5) is 8.78 Å². The molecule has 2 heterocycles. The maximum atomic E-state index is 15.0. The Kier molecular flexibility index (Phi) is 6.85. The quantitative estimate of drug-likeness (QED) is 0.279. The average molecular weight is 567 g/mol. The number of benzene rings is 3. The van der Waals surface area contributed by atoms with E-state index in [4.69, 9.17) is 5.14 Å². The molecule has 0 fully saturated rings. The topological polar surface area (TPSA) is 128 Å². The highest BCUT2D eigenvalue weighted by atomic mass is 32.2. The number of halogens is 2. The molecule has 0 spiro atoms. The van der Waals surface area contributed by atoms with Crippen molar-refractivity contribution in [1.29, 1.82) is 0 Å². The molecule has 5 aromatic rings. The molecule has 5 rings (SSSR count). The van der Waals surface area contributed by atoms with Crippen molar-refractivity contribution in [2.24, 2.45) is 5.14 Å². The van der Waals surface area contributed by atoms with Gasteiger partial charge in [0.25, 0.3) is 0 Å². The van der Waals surface area contributed by atoms with E-state index in [0.717, 1.165) is 16.9 Å². The number of nitrogens with two attached hydrogens (primary N) is 1. The smallest absolute Gasteiger partial charge is 0.355 e. The summed E-state index contributed by atoms with van der Waals surface area (Å²) < 4.78 is 53.7. The van der Waals surface area contributed by atoms with Crippen molar-refractivity contribution >= 4 is 27.3 Å². The number of thiazole rings is 1. The first-order chi connectivity index (χ1) is 18.5. The second-order valence-corrected chi connectivity index (χ2v) is 11.2. The predicted octanol–water partition coefficient (Wildman–Crippen LogP) is 5.19. The van der Waals surface area contributed by atoms with Crippen LogP contribution in [0.25, 0.3) is 27.5 Å². The molecule has 12 heteroatoms. The average Bonchev–Trinajstić information content (AvgIpc) is 3.52. The van der Waals surface area contributed by atoms with Crippen LogP contribution in [0.5, 0.6) is 0 Å². The van der Waals surface area contributed by atoms with Crippen LogP contribution in [0, 0.1) is 18.6 Å². The zero-order valence-corrected chi connectivity index (χ0v) is 21.9. The lowest BCUT2D eigenvalue weighted by Gasteiger charge is -2.11. The SMILES string of the molecule is Cc1cc(F)c(-c2cccc(F)c2)cc1-c1nn(-c2nc(C(=O)O)cs2)cc1Cc1ccc(S(N)(=O)=O)cc1. The van der Waals surface area contributed by atoms with Gasteiger partial charge in [-0.2, -0.15) is 5.10 Å². The summed E-state index contributed by atoms with van der Waals surface area (Å²) in [5.41, 5.74) is 3.50. The summed E-state index contributed by atoms with van der Waals surface area (Å²) >= 11 is 1.09. The van der Waals surface area contributed by atoms with E-state index in [1.54, 1.807) is 37.4 Å². The van der Waals surface area contributed by atoms with Crippen LogP contribution in [0.2, 0.25) is 0 Å². The van der Waals surface area contributed by atoms with Crippen LogP contribution < -0.4 is 5.14 Å². The minimum atomic E-state index is -3.86. The molecule has 3 N–H and O–H groups in total. The predicted molar refractivity (Wildman–Crippen MR) is 142 cm³/mol. The standard InChI is InChI=1S/C27H20F2N4O4S2/c1-15-9-23(29)22(17-3-2-4-19(28)11-17)12-21(15)25-18(10-16-5-7-20(8-6-16)39(30,36)37)13-33(32-25)27-31-24(14-38-27)26(34)35/h2-9,11-14H,10H2,1H3,(H,34,35)(H2,30,36,37). The Morgan fingerprint density at radius 3 is 2.46 bits per heavy atom. The molecule has 8 nitrogen and oxygen atoms in total. The molecule has 0 radical (unpaired) electrons. The van der Waals surface area contributed by atoms with Gasteiger partial charge >= 0.3 is 5.97 Å². The van der Waals surface area contributed by atoms with Gasteiger partial charge in [-0.25, -0.2) is 36.8 Å². The number of nitrogens with zero attached hydrogens (tertiary/aromatic N) is 3. The summed E-state index contributed by atoms with van der Waals surface area (Å²) in [5.74, 6) is -2.19. The van der Waals surface area contributed by atoms with Crippen LogP contribution >= 0.6 is 11.3 Å². The number of carbonyl (C=O) groups is 1. The third kappa shape index (κ3) is 5.48. The molecule has 0 aliphatic heterocycles. The van der Waals surface area contributed by atoms with Crippen molar-refractivity contribution in [3.05, 3.63) is 106 Å². The molecule has 198 valence electrons. The minimum absolute atomic E-state index is 0.0275. The Balaban J connectivity index is 1.64. The summed E-state index contributed by atoms with van der Waals surface area (Å²) in [4.78, 5) is 15.4. The molecule has 0 aliphatic carbocycles. The van der Waals surface area contributed by atoms with Gasteiger partial charge in [-0.3, -0.25) is 0 Å². The number of aromatic nitrogens is 3. The molecule has 0 saturated heterocycles. The first-order valence-corrected chi connectivity index (χ1v) is 13.9. The van der Waals surface area contributed by atoms with Crippen LogP contribution in [0.1, 0.15) is 27.2 Å². The van der Waals surface area contributed by atoms with Crippen molar-refractivity contribution in [3.8, 4) is 27.5 Å². The summed E-state index contributed by atoms with van der Waals surface area (Å²) in [5, 5.41) is 20.9. The fourth-order valence-corrected chi connectivity index (χ4v) is 5.39. The van der Waals surface area contributed by atoms with Gasteiger partial charge in [0.15, 0.2) is 5.69 Å². The molecule has 0 unspecified atom stereocenters. The molecule has 0 amide bonds. The monoisotopic (exact) mass is 566 g/mol. The van der Waals surface area contributed by atoms with Crippen molar-refractivity contribution in [3.63, 3.8) is 0 Å². The van der Waals surface area contributed by atoms with E-state index in [2.05, 4.69) is 10.1 Å². The van der Waals surface area contributed by atoms with Crippen molar-refractivity contribution < 1.29 is 27.1 Å². The number of carboxylic acid groups (broad SMARTS) is 1. The van der Waals surface area contributed by atoms with Gasteiger partial charge in [0.1, 0.15) is 11.6 Å². The molecular formula is C27H20F2N4O4S2. The number of hydrogen-bond acceptors (Lipinski definition) is 6. The van der Waals surface area contributed by atoms with E-state index < -0.39 is 27.6 Å². The minimum Gasteiger partial charge on any atom is -0.476 e. The highest BCUT2D eigenvalue weighted by Gasteiger charge is 2.20. The van der Waals surface area contributed by atoms with Gasteiger partial charge in [-0.05, 0) is 60.0 Å². The lowest BCUT2D eigenvalue weighted by molar-refractivity contribution is 0.0691. The Morgan fingerprint density at radius 1 is 1.08 bits per heavy atom. The Bertz CT molecular complexity index is 1830. The summed E-state index contributed by atoms with van der Waals surface area (Å²) in [7, 11) is -3.86. The summed E-state index contributed by atoms with van der Waals surface area (Å²) in [6.45, 7) is 1.73. The number of aryl methyl sites for hydroxylation is 1. The lowest BCUT2D eigenvalue weighted by atomic mass is 9.94. The van der Waals surface area contributed by atoms with Gasteiger partial charge < -0.3 is 5.11 Å². The first-order valence-electron chi connectivity index (χ1n) is 11.5. The fraction of sp³-hybridized carbons (Fsp3) is 0.0741. The lowest BCUT2D eigenvalue weighted by Crippen LogP contribution is -2.11. The van der Waals surface area contributed by atoms with Crippen LogP contribution in [0.3, 0.4) is 0 Å². The van der Waals surface area contributed by atoms with Gasteiger partial charge in [-0.15, -0.1) is 11.3 Å². The highest BCUT2D eigenvalue weighted by Crippen LogP contribution is 2.34. The number of sulfonamides is 1. The van der Waals surface area contributed by atoms with E-state index in [0.29, 0.717) is 39.5 Å². The first kappa shape index (κ1) is 26.4. The summed E-state index contributed by atoms with van der Waals surface area (Å²) in [6.07, 6.45) is 2.00. The molecule has 0 bridgehead atoms. The van der Waals surface area contributed by atoms with Crippen molar-refractivity contribution in [1.82, 2.24) is 14.8 Å². The molecule has 2 aromatic heterocycles. The van der Waals surface area contributed by atoms with E-state index in [1.807, 2.05) is 0 Å². The molecule has 0 atom stereocenters. The maximum Gasteiger partial charge on any atom is 0.355 e. The highest BCUT2D eigenvalue weighted by molar-refractivity contribution is 7.89. The van der Waals surface area contributed by atoms with Crippen LogP contribution in [0.15, 0.2) is 77.1 Å². The Morgan fingerprint density at radius 2 is 1.82 bits per heavy atom. The molecular weight excluding hydrogens is 546 g/mol. The van der Waals surface area contributed by atoms with E-state index in [1.165, 1.54) is 46.5 Å². The second-order valence-electron chi connectivity index (χ2n) is 8.79. The van der Waals surface area contributed by atoms with Crippen molar-refractivity contribution in [2.75, 3.05) is 0 Å². The Labute approximate surface area is 226 Å². The summed E-state index contributed by atoms with van der Waals surface area (Å²) in [6, 6.07) is 14.6. The van der Waals surface area contributed by atoms with E-state index >= 15 is 4.39 Å². The van der Waals surface area contributed by atoms with Gasteiger partial charge in [0, 0.05) is 34.7 Å². The molecule has 39 heavy (non-hydrogen) atoms. The number of hydrogen-bond donors (Lipinski definition) is 2. The third-order valence-electron chi connectivity index (χ3n) is 6.05. The number of primary sulfonamides is 1. The second kappa shape index (κ2) is 10.1. The zero-order chi connectivity index (χ0) is 27.9. The third-order valence-corrected chi connectivity index (χ3v) is 7.81. The van der Waals surface area contributed by atoms with Crippen LogP contribution in [-0.2, 0) is 16.4 Å². The number of carboxylic acids is 1. The molecule has 3 aromatic carbocycles. The normalized spacial score (nSPS) is 11.6. The van der Waals surface area contributed by atoms with Gasteiger partial charge in [0.05, 0.1) is 10.6 Å². The molecule has 0 saturated carbocycles. The zero-order valence-electron chi connectivity index (χ0n) is 20.3. The van der Waals surface area contributed by atoms with E-state index in [9.17, 15) is 22.7 Å². The molecule has 0 aliphatic rings. The van der Waals surface area contributed by atoms with Crippen molar-refractivity contribution in [2.45, 2.75) is 18.2 Å². The fourth-order valence-electron chi connectivity index (χ4n) is 4.15. The Hall–Kier alpha value is -4.26. The maximum absolute atomic E-state index is 15.0. The number of aromatic carboxylic acids is 1. The van der Waals surface area contributed by atoms with Crippen LogP contribution in [-0.4, -0.2) is 34.3 Å². The van der Waals surface area contributed by atoms with Gasteiger partial charge in [-0.1, -0.05) is 24.3 Å². The number of rotatable bonds is 7.